The van der Waals surface area contributed by atoms with Gasteiger partial charge in [0.2, 0.25) is 0 Å². The van der Waals surface area contributed by atoms with Crippen LogP contribution in [0.15, 0.2) is 83.8 Å². The van der Waals surface area contributed by atoms with Gasteiger partial charge in [0, 0.05) is 43.4 Å². The van der Waals surface area contributed by atoms with Gasteiger partial charge >= 0.3 is 11.2 Å². The van der Waals surface area contributed by atoms with Crippen molar-refractivity contribution < 1.29 is 4.92 Å². The Morgan fingerprint density at radius 2 is 1.47 bits per heavy atom. The minimum absolute atomic E-state index is 0.390. The first-order valence-corrected chi connectivity index (χ1v) is 10.4. The maximum atomic E-state index is 13.4. The molecule has 0 unspecified atom stereocenters. The molecular weight excluding hydrogens is 406 g/mol. The number of aromatic nitrogens is 2. The van der Waals surface area contributed by atoms with E-state index >= 15 is 0 Å². The summed E-state index contributed by atoms with van der Waals surface area (Å²) in [6.07, 6.45) is 1.75. The summed E-state index contributed by atoms with van der Waals surface area (Å²) in [6.45, 7) is 2.42. The molecule has 1 saturated heterocycles. The van der Waals surface area contributed by atoms with E-state index in [0.717, 1.165) is 5.82 Å². The van der Waals surface area contributed by atoms with Crippen LogP contribution in [0.5, 0.6) is 0 Å². The summed E-state index contributed by atoms with van der Waals surface area (Å²) in [5.41, 5.74) is 0.629. The molecule has 2 aromatic carbocycles. The van der Waals surface area contributed by atoms with Gasteiger partial charge in [0.1, 0.15) is 11.5 Å². The third kappa shape index (κ3) is 3.35. The minimum atomic E-state index is -0.623. The third-order valence-electron chi connectivity index (χ3n) is 5.80. The quantitative estimate of drug-likeness (QED) is 0.365. The number of nitro groups is 1. The van der Waals surface area contributed by atoms with Crippen LogP contribution in [0.4, 0.5) is 17.2 Å². The summed E-state index contributed by atoms with van der Waals surface area (Å²) in [5, 5.41) is 12.8. The van der Waals surface area contributed by atoms with E-state index in [1.165, 1.54) is 4.57 Å². The Hall–Kier alpha value is -4.20. The number of rotatable bonds is 4. The van der Waals surface area contributed by atoms with Crippen molar-refractivity contribution in [1.29, 1.82) is 0 Å². The number of anilines is 2. The number of fused-ring (bicyclic) bond motifs is 1. The Labute approximate surface area is 184 Å². The van der Waals surface area contributed by atoms with E-state index < -0.39 is 10.5 Å². The third-order valence-corrected chi connectivity index (χ3v) is 5.80. The van der Waals surface area contributed by atoms with E-state index in [-0.39, 0.29) is 5.69 Å². The average Bonchev–Trinajstić information content (AvgIpc) is 2.84. The number of piperazine rings is 1. The van der Waals surface area contributed by atoms with Crippen molar-refractivity contribution in [3.8, 4) is 5.69 Å². The first-order chi connectivity index (χ1) is 15.6. The van der Waals surface area contributed by atoms with Gasteiger partial charge in [-0.05, 0) is 30.3 Å². The topological polar surface area (TPSA) is 84.5 Å². The summed E-state index contributed by atoms with van der Waals surface area (Å²) >= 11 is 0. The predicted octanol–water partition coefficient (Wildman–Crippen LogP) is 3.62. The molecule has 0 bridgehead atoms. The Morgan fingerprint density at radius 3 is 2.16 bits per heavy atom. The first kappa shape index (κ1) is 19.7. The Balaban J connectivity index is 1.64. The first-order valence-electron chi connectivity index (χ1n) is 10.4. The van der Waals surface area contributed by atoms with Crippen LogP contribution in [-0.4, -0.2) is 40.7 Å². The molecule has 1 aliphatic heterocycles. The lowest BCUT2D eigenvalue weighted by atomic mass is 10.1. The fourth-order valence-corrected chi connectivity index (χ4v) is 4.33. The Bertz CT molecular complexity index is 1330. The van der Waals surface area contributed by atoms with E-state index in [0.29, 0.717) is 48.5 Å². The molecule has 160 valence electrons. The van der Waals surface area contributed by atoms with Crippen LogP contribution in [0, 0.1) is 10.1 Å². The van der Waals surface area contributed by atoms with Crippen LogP contribution in [0.25, 0.3) is 16.6 Å². The van der Waals surface area contributed by atoms with Gasteiger partial charge in [-0.3, -0.25) is 19.5 Å². The van der Waals surface area contributed by atoms with Crippen molar-refractivity contribution in [3.63, 3.8) is 0 Å². The maximum Gasteiger partial charge on any atom is 0.358 e. The number of hydrogen-bond donors (Lipinski definition) is 0. The highest BCUT2D eigenvalue weighted by Crippen LogP contribution is 2.35. The van der Waals surface area contributed by atoms with Crippen LogP contribution in [-0.2, 0) is 0 Å². The normalized spacial score (nSPS) is 14.0. The van der Waals surface area contributed by atoms with E-state index in [4.69, 9.17) is 0 Å². The summed E-state index contributed by atoms with van der Waals surface area (Å²) in [5.74, 6) is 0.881. The van der Waals surface area contributed by atoms with Crippen LogP contribution in [0.3, 0.4) is 0 Å². The molecule has 2 aromatic heterocycles. The van der Waals surface area contributed by atoms with Crippen molar-refractivity contribution >= 4 is 28.1 Å². The number of nitrogens with zero attached hydrogens (tertiary/aromatic N) is 5. The largest absolute Gasteiger partial charge is 0.362 e. The highest BCUT2D eigenvalue weighted by Gasteiger charge is 2.31. The molecule has 0 amide bonds. The van der Waals surface area contributed by atoms with Crippen molar-refractivity contribution in [3.05, 3.63) is 99.5 Å². The highest BCUT2D eigenvalue weighted by atomic mass is 16.6. The van der Waals surface area contributed by atoms with Crippen LogP contribution < -0.4 is 15.4 Å². The van der Waals surface area contributed by atoms with Gasteiger partial charge in [-0.15, -0.1) is 0 Å². The maximum absolute atomic E-state index is 13.4. The standard InChI is InChI=1S/C24H21N5O3/c30-24-23(29(31)32)22(27-16-14-26(15-17-27)21-12-6-7-13-25-21)19-10-4-5-11-20(19)28(24)18-8-2-1-3-9-18/h1-13H,14-17H2. The second kappa shape index (κ2) is 8.14. The summed E-state index contributed by atoms with van der Waals surface area (Å²) in [6, 6.07) is 22.2. The molecule has 8 nitrogen and oxygen atoms in total. The molecular formula is C24H21N5O3. The zero-order valence-electron chi connectivity index (χ0n) is 17.3. The van der Waals surface area contributed by atoms with Gasteiger partial charge in [0.25, 0.3) is 0 Å². The average molecular weight is 427 g/mol. The van der Waals surface area contributed by atoms with E-state index in [1.807, 2.05) is 65.6 Å². The molecule has 1 aliphatic rings. The lowest BCUT2D eigenvalue weighted by Gasteiger charge is -2.36. The van der Waals surface area contributed by atoms with Gasteiger partial charge in [-0.2, -0.15) is 0 Å². The number of para-hydroxylation sites is 2. The zero-order chi connectivity index (χ0) is 22.1. The molecule has 1 fully saturated rings. The number of benzene rings is 2. The van der Waals surface area contributed by atoms with Crippen molar-refractivity contribution in [2.45, 2.75) is 0 Å². The zero-order valence-corrected chi connectivity index (χ0v) is 17.3. The lowest BCUT2D eigenvalue weighted by Crippen LogP contribution is -2.47. The molecule has 0 radical (unpaired) electrons. The fourth-order valence-electron chi connectivity index (χ4n) is 4.33. The molecule has 0 spiro atoms. The minimum Gasteiger partial charge on any atom is -0.362 e. The summed E-state index contributed by atoms with van der Waals surface area (Å²) in [4.78, 5) is 33.5. The second-order valence-electron chi connectivity index (χ2n) is 7.61. The summed E-state index contributed by atoms with van der Waals surface area (Å²) in [7, 11) is 0. The van der Waals surface area contributed by atoms with Gasteiger partial charge in [0.05, 0.1) is 10.4 Å². The van der Waals surface area contributed by atoms with Crippen LogP contribution in [0.2, 0.25) is 0 Å². The predicted molar refractivity (Wildman–Crippen MR) is 125 cm³/mol. The summed E-state index contributed by atoms with van der Waals surface area (Å²) < 4.78 is 1.43. The SMILES string of the molecule is O=c1c([N+](=O)[O-])c(N2CCN(c3ccccn3)CC2)c2ccccc2n1-c1ccccc1. The van der Waals surface area contributed by atoms with Gasteiger partial charge < -0.3 is 9.80 Å². The number of hydrogen-bond acceptors (Lipinski definition) is 6. The molecule has 5 rings (SSSR count). The van der Waals surface area contributed by atoms with E-state index in [9.17, 15) is 14.9 Å². The molecule has 0 aliphatic carbocycles. The highest BCUT2D eigenvalue weighted by molar-refractivity contribution is 5.97. The Morgan fingerprint density at radius 1 is 0.812 bits per heavy atom. The van der Waals surface area contributed by atoms with Crippen LogP contribution >= 0.6 is 0 Å². The molecule has 8 heteroatoms. The van der Waals surface area contributed by atoms with Crippen LogP contribution in [0.1, 0.15) is 0 Å². The van der Waals surface area contributed by atoms with Crippen molar-refractivity contribution in [2.24, 2.45) is 0 Å². The molecule has 0 atom stereocenters. The molecule has 3 heterocycles. The van der Waals surface area contributed by atoms with E-state index in [1.54, 1.807) is 18.3 Å². The Kier molecular flexibility index (Phi) is 5.03. The lowest BCUT2D eigenvalue weighted by molar-refractivity contribution is -0.385. The van der Waals surface area contributed by atoms with E-state index in [2.05, 4.69) is 9.88 Å². The van der Waals surface area contributed by atoms with Gasteiger partial charge in [-0.1, -0.05) is 42.5 Å². The monoisotopic (exact) mass is 427 g/mol. The van der Waals surface area contributed by atoms with Crippen molar-refractivity contribution in [1.82, 2.24) is 9.55 Å². The fraction of sp³-hybridized carbons (Fsp3) is 0.167. The van der Waals surface area contributed by atoms with Crippen molar-refractivity contribution in [2.75, 3.05) is 36.0 Å². The smallest absolute Gasteiger partial charge is 0.358 e. The van der Waals surface area contributed by atoms with Gasteiger partial charge in [-0.25, -0.2) is 4.98 Å². The molecule has 0 saturated carbocycles. The second-order valence-corrected chi connectivity index (χ2v) is 7.61. The molecule has 0 N–H and O–H groups in total. The molecule has 4 aromatic rings. The van der Waals surface area contributed by atoms with Gasteiger partial charge in [0.15, 0.2) is 0 Å². The number of pyridine rings is 2. The molecule has 32 heavy (non-hydrogen) atoms.